The van der Waals surface area contributed by atoms with E-state index in [9.17, 15) is 9.59 Å². The number of carbonyl (C=O) groups is 2. The maximum Gasteiger partial charge on any atom is 0.228 e. The Hall–Kier alpha value is -2.05. The van der Waals surface area contributed by atoms with Crippen molar-refractivity contribution in [1.29, 1.82) is 0 Å². The largest absolute Gasteiger partial charge is 0.360 e. The predicted molar refractivity (Wildman–Crippen MR) is 100 cm³/mol. The first kappa shape index (κ1) is 18.7. The van der Waals surface area contributed by atoms with Crippen LogP contribution >= 0.6 is 23.2 Å². The van der Waals surface area contributed by atoms with Crippen LogP contribution in [0.4, 0.5) is 11.5 Å². The van der Waals surface area contributed by atoms with E-state index in [0.717, 1.165) is 0 Å². The van der Waals surface area contributed by atoms with Crippen LogP contribution in [0.3, 0.4) is 0 Å². The summed E-state index contributed by atoms with van der Waals surface area (Å²) in [4.78, 5) is 24.7. The number of halogens is 2. The lowest BCUT2D eigenvalue weighted by Crippen LogP contribution is -2.32. The van der Waals surface area contributed by atoms with Crippen LogP contribution in [0.15, 0.2) is 28.8 Å². The van der Waals surface area contributed by atoms with E-state index in [1.54, 1.807) is 31.2 Å². The Morgan fingerprint density at radius 3 is 2.15 bits per heavy atom. The fourth-order valence-electron chi connectivity index (χ4n) is 3.09. The summed E-state index contributed by atoms with van der Waals surface area (Å²) in [5, 5.41) is 10.2. The van der Waals surface area contributed by atoms with Crippen LogP contribution < -0.4 is 10.6 Å². The molecule has 1 aliphatic rings. The van der Waals surface area contributed by atoms with Crippen molar-refractivity contribution in [3.05, 3.63) is 40.1 Å². The predicted octanol–water partition coefficient (Wildman–Crippen LogP) is 4.67. The average Bonchev–Trinajstić information content (AvgIpc) is 3.03. The van der Waals surface area contributed by atoms with E-state index in [0.29, 0.717) is 53.0 Å². The Morgan fingerprint density at radius 2 is 1.62 bits per heavy atom. The lowest BCUT2D eigenvalue weighted by atomic mass is 9.81. The van der Waals surface area contributed by atoms with Crippen LogP contribution in [0.5, 0.6) is 0 Å². The van der Waals surface area contributed by atoms with E-state index in [1.807, 2.05) is 0 Å². The van der Waals surface area contributed by atoms with E-state index >= 15 is 0 Å². The molecule has 0 atom stereocenters. The van der Waals surface area contributed by atoms with Crippen molar-refractivity contribution in [3.63, 3.8) is 0 Å². The van der Waals surface area contributed by atoms with Gasteiger partial charge in [-0.25, -0.2) is 0 Å². The molecule has 6 nitrogen and oxygen atoms in total. The molecular weight excluding hydrogens is 377 g/mol. The van der Waals surface area contributed by atoms with Gasteiger partial charge in [0, 0.05) is 23.6 Å². The molecule has 3 rings (SSSR count). The second-order valence-electron chi connectivity index (χ2n) is 6.48. The second-order valence-corrected chi connectivity index (χ2v) is 7.29. The van der Waals surface area contributed by atoms with Gasteiger partial charge in [-0.1, -0.05) is 28.4 Å². The van der Waals surface area contributed by atoms with Crippen molar-refractivity contribution in [2.75, 3.05) is 10.6 Å². The highest BCUT2D eigenvalue weighted by Crippen LogP contribution is 2.31. The molecule has 0 saturated heterocycles. The molecule has 138 valence electrons. The Kier molecular flexibility index (Phi) is 5.84. The van der Waals surface area contributed by atoms with Gasteiger partial charge in [0.1, 0.15) is 5.76 Å². The minimum absolute atomic E-state index is 0.0608. The molecule has 1 aliphatic carbocycles. The summed E-state index contributed by atoms with van der Waals surface area (Å²) >= 11 is 11.8. The van der Waals surface area contributed by atoms with Gasteiger partial charge in [0.05, 0.1) is 10.0 Å². The van der Waals surface area contributed by atoms with Gasteiger partial charge in [-0.2, -0.15) is 0 Å². The number of anilines is 2. The van der Waals surface area contributed by atoms with Gasteiger partial charge in [0.2, 0.25) is 11.8 Å². The van der Waals surface area contributed by atoms with Crippen molar-refractivity contribution in [2.45, 2.75) is 32.6 Å². The summed E-state index contributed by atoms with van der Waals surface area (Å²) in [5.41, 5.74) is 0.616. The highest BCUT2D eigenvalue weighted by atomic mass is 35.5. The summed E-state index contributed by atoms with van der Waals surface area (Å²) in [6.07, 6.45) is 2.62. The Labute approximate surface area is 161 Å². The topological polar surface area (TPSA) is 84.2 Å². The Morgan fingerprint density at radius 1 is 1.00 bits per heavy atom. The van der Waals surface area contributed by atoms with E-state index in [2.05, 4.69) is 15.8 Å². The van der Waals surface area contributed by atoms with Gasteiger partial charge in [0.15, 0.2) is 5.82 Å². The zero-order valence-electron chi connectivity index (χ0n) is 14.2. The summed E-state index contributed by atoms with van der Waals surface area (Å²) in [6.45, 7) is 1.76. The summed E-state index contributed by atoms with van der Waals surface area (Å²) in [5.74, 6) is 0.676. The molecule has 2 aromatic rings. The van der Waals surface area contributed by atoms with Crippen LogP contribution in [-0.4, -0.2) is 17.0 Å². The lowest BCUT2D eigenvalue weighted by molar-refractivity contribution is -0.125. The Balaban J connectivity index is 1.50. The maximum atomic E-state index is 12.4. The normalized spacial score (nSPS) is 19.8. The Bertz CT molecular complexity index is 814. The summed E-state index contributed by atoms with van der Waals surface area (Å²) in [7, 11) is 0. The number of hydrogen-bond donors (Lipinski definition) is 2. The highest BCUT2D eigenvalue weighted by molar-refractivity contribution is 6.42. The van der Waals surface area contributed by atoms with E-state index in [-0.39, 0.29) is 23.7 Å². The molecule has 1 heterocycles. The average molecular weight is 396 g/mol. The second kappa shape index (κ2) is 8.10. The number of aryl methyl sites for hydroxylation is 1. The molecule has 0 aliphatic heterocycles. The molecule has 8 heteroatoms. The molecule has 0 spiro atoms. The van der Waals surface area contributed by atoms with Gasteiger partial charge in [-0.05, 0) is 50.8 Å². The molecule has 1 aromatic heterocycles. The molecule has 26 heavy (non-hydrogen) atoms. The van der Waals surface area contributed by atoms with Gasteiger partial charge in [-0.15, -0.1) is 0 Å². The number of nitrogens with one attached hydrogen (secondary N) is 2. The van der Waals surface area contributed by atoms with Crippen LogP contribution in [0.1, 0.15) is 31.4 Å². The first-order valence-electron chi connectivity index (χ1n) is 8.42. The van der Waals surface area contributed by atoms with Crippen molar-refractivity contribution in [1.82, 2.24) is 5.16 Å². The molecule has 0 radical (unpaired) electrons. The van der Waals surface area contributed by atoms with Crippen molar-refractivity contribution in [3.8, 4) is 0 Å². The maximum absolute atomic E-state index is 12.4. The number of rotatable bonds is 4. The van der Waals surface area contributed by atoms with Crippen molar-refractivity contribution < 1.29 is 14.1 Å². The minimum Gasteiger partial charge on any atom is -0.360 e. The molecule has 1 saturated carbocycles. The number of hydrogen-bond acceptors (Lipinski definition) is 4. The number of carbonyl (C=O) groups excluding carboxylic acids is 2. The van der Waals surface area contributed by atoms with Crippen molar-refractivity contribution >= 4 is 46.5 Å². The van der Waals surface area contributed by atoms with Gasteiger partial charge in [-0.3, -0.25) is 9.59 Å². The first-order chi connectivity index (χ1) is 12.4. The van der Waals surface area contributed by atoms with Crippen LogP contribution in [0.25, 0.3) is 0 Å². The quantitative estimate of drug-likeness (QED) is 0.787. The van der Waals surface area contributed by atoms with Gasteiger partial charge >= 0.3 is 0 Å². The zero-order chi connectivity index (χ0) is 18.7. The number of aromatic nitrogens is 1. The number of amides is 2. The highest BCUT2D eigenvalue weighted by Gasteiger charge is 2.30. The third kappa shape index (κ3) is 4.56. The summed E-state index contributed by atoms with van der Waals surface area (Å²) < 4.78 is 4.94. The third-order valence-corrected chi connectivity index (χ3v) is 5.27. The van der Waals surface area contributed by atoms with Gasteiger partial charge < -0.3 is 15.2 Å². The minimum atomic E-state index is -0.124. The number of nitrogens with zero attached hydrogens (tertiary/aromatic N) is 1. The van der Waals surface area contributed by atoms with E-state index in [4.69, 9.17) is 27.7 Å². The molecule has 2 amide bonds. The molecule has 2 N–H and O–H groups in total. The van der Waals surface area contributed by atoms with E-state index in [1.165, 1.54) is 0 Å². The molecule has 1 aromatic carbocycles. The smallest absolute Gasteiger partial charge is 0.228 e. The molecular formula is C18H19Cl2N3O3. The third-order valence-electron chi connectivity index (χ3n) is 4.54. The van der Waals surface area contributed by atoms with Crippen LogP contribution in [0.2, 0.25) is 10.0 Å². The monoisotopic (exact) mass is 395 g/mol. The molecule has 0 unspecified atom stereocenters. The number of benzene rings is 1. The molecule has 0 bridgehead atoms. The summed E-state index contributed by atoms with van der Waals surface area (Å²) in [6, 6.07) is 6.66. The fraction of sp³-hybridized carbons (Fsp3) is 0.389. The first-order valence-corrected chi connectivity index (χ1v) is 9.18. The van der Waals surface area contributed by atoms with E-state index < -0.39 is 0 Å². The SMILES string of the molecule is Cc1cc(NC(=O)C2CCC(C(=O)Nc3ccc(Cl)c(Cl)c3)CC2)no1. The zero-order valence-corrected chi connectivity index (χ0v) is 15.7. The van der Waals surface area contributed by atoms with Crippen molar-refractivity contribution in [2.24, 2.45) is 11.8 Å². The van der Waals surface area contributed by atoms with Crippen LogP contribution in [0, 0.1) is 18.8 Å². The van der Waals surface area contributed by atoms with Crippen LogP contribution in [-0.2, 0) is 9.59 Å². The fourth-order valence-corrected chi connectivity index (χ4v) is 3.39. The standard InChI is InChI=1S/C18H19Cl2N3O3/c1-10-8-16(23-26-10)22-18(25)12-4-2-11(3-5-12)17(24)21-13-6-7-14(19)15(20)9-13/h6-9,11-12H,2-5H2,1H3,(H,21,24)(H,22,23,25). The molecule has 1 fully saturated rings. The lowest BCUT2D eigenvalue weighted by Gasteiger charge is -2.26. The van der Waals surface area contributed by atoms with Gasteiger partial charge in [0.25, 0.3) is 0 Å².